The van der Waals surface area contributed by atoms with Gasteiger partial charge >= 0.3 is 0 Å². The predicted octanol–water partition coefficient (Wildman–Crippen LogP) is 1.76. The number of benzene rings is 1. The number of allylic oxidation sites excluding steroid dienone is 1. The molecule has 1 aromatic rings. The summed E-state index contributed by atoms with van der Waals surface area (Å²) >= 11 is 0. The molecular formula is C14H15NO4. The molecule has 2 aliphatic heterocycles. The van der Waals surface area contributed by atoms with Gasteiger partial charge in [0.15, 0.2) is 11.5 Å². The zero-order chi connectivity index (χ0) is 13.6. The van der Waals surface area contributed by atoms with Gasteiger partial charge in [0, 0.05) is 13.6 Å². The first-order chi connectivity index (χ1) is 9.11. The van der Waals surface area contributed by atoms with Gasteiger partial charge in [-0.05, 0) is 30.2 Å². The molecule has 0 bridgehead atoms. The monoisotopic (exact) mass is 261 g/mol. The molecule has 0 spiro atoms. The Morgan fingerprint density at radius 1 is 1.32 bits per heavy atom. The summed E-state index contributed by atoms with van der Waals surface area (Å²) in [5.74, 6) is 1.98. The minimum Gasteiger partial charge on any atom is -0.501 e. The molecule has 5 nitrogen and oxygen atoms in total. The van der Waals surface area contributed by atoms with Crippen LogP contribution >= 0.6 is 0 Å². The van der Waals surface area contributed by atoms with Crippen LogP contribution in [0.1, 0.15) is 18.1 Å². The molecule has 0 radical (unpaired) electrons. The molecule has 1 amide bonds. The molecule has 0 aromatic heterocycles. The number of amides is 1. The van der Waals surface area contributed by atoms with E-state index < -0.39 is 0 Å². The molecular weight excluding hydrogens is 246 g/mol. The summed E-state index contributed by atoms with van der Waals surface area (Å²) in [7, 11) is 3.34. The first-order valence-electron chi connectivity index (χ1n) is 6.05. The van der Waals surface area contributed by atoms with Gasteiger partial charge in [-0.15, -0.1) is 0 Å². The number of hydrogen-bond acceptors (Lipinski definition) is 4. The number of fused-ring (bicyclic) bond motifs is 2. The second-order valence-electron chi connectivity index (χ2n) is 4.66. The molecule has 0 fully saturated rings. The number of carbonyl (C=O) groups excluding carboxylic acids is 1. The van der Waals surface area contributed by atoms with Gasteiger partial charge in [-0.3, -0.25) is 4.79 Å². The van der Waals surface area contributed by atoms with E-state index in [9.17, 15) is 4.79 Å². The zero-order valence-electron chi connectivity index (χ0n) is 11.1. The summed E-state index contributed by atoms with van der Waals surface area (Å²) in [6, 6.07) is 3.80. The number of hydrogen-bond donors (Lipinski definition) is 0. The average molecular weight is 261 g/mol. The maximum atomic E-state index is 12.3. The van der Waals surface area contributed by atoms with Crippen molar-refractivity contribution < 1.29 is 19.0 Å². The van der Waals surface area contributed by atoms with Gasteiger partial charge in [0.05, 0.1) is 12.7 Å². The van der Waals surface area contributed by atoms with Gasteiger partial charge in [0.1, 0.15) is 5.76 Å². The van der Waals surface area contributed by atoms with Crippen molar-refractivity contribution in [2.24, 2.45) is 0 Å². The summed E-state index contributed by atoms with van der Waals surface area (Å²) in [6.07, 6.45) is 0. The highest BCUT2D eigenvalue weighted by molar-refractivity contribution is 6.21. The third kappa shape index (κ3) is 1.73. The maximum absolute atomic E-state index is 12.3. The van der Waals surface area contributed by atoms with Crippen LogP contribution in [0.5, 0.6) is 11.5 Å². The Hall–Kier alpha value is -2.17. The molecule has 0 saturated carbocycles. The number of carbonyl (C=O) groups is 1. The normalized spacial score (nSPS) is 19.3. The molecule has 0 aliphatic carbocycles. The SMILES string of the molecule is CO/C(C)=C1/C(=O)N(C)Cc2cc3c(cc21)OCO3. The average Bonchev–Trinajstić information content (AvgIpc) is 2.84. The number of ether oxygens (including phenoxy) is 3. The van der Waals surface area contributed by atoms with Gasteiger partial charge in [-0.2, -0.15) is 0 Å². The highest BCUT2D eigenvalue weighted by Crippen LogP contribution is 2.40. The molecule has 2 heterocycles. The Kier molecular flexibility index (Phi) is 2.62. The van der Waals surface area contributed by atoms with Crippen LogP contribution in [0.2, 0.25) is 0 Å². The van der Waals surface area contributed by atoms with Gasteiger partial charge in [-0.25, -0.2) is 0 Å². The minimum absolute atomic E-state index is 0.0364. The van der Waals surface area contributed by atoms with Crippen molar-refractivity contribution in [3.8, 4) is 11.5 Å². The second-order valence-corrected chi connectivity index (χ2v) is 4.66. The van der Waals surface area contributed by atoms with Crippen LogP contribution in [0.15, 0.2) is 17.9 Å². The van der Waals surface area contributed by atoms with Crippen LogP contribution in [0, 0.1) is 0 Å². The smallest absolute Gasteiger partial charge is 0.257 e. The lowest BCUT2D eigenvalue weighted by Crippen LogP contribution is -2.32. The van der Waals surface area contributed by atoms with E-state index in [0.29, 0.717) is 23.6 Å². The molecule has 3 rings (SSSR count). The van der Waals surface area contributed by atoms with Gasteiger partial charge in [0.2, 0.25) is 6.79 Å². The minimum atomic E-state index is -0.0364. The van der Waals surface area contributed by atoms with Crippen LogP contribution in [0.4, 0.5) is 0 Å². The Labute approximate surface area is 111 Å². The molecule has 1 aromatic carbocycles. The van der Waals surface area contributed by atoms with Gasteiger partial charge in [0.25, 0.3) is 5.91 Å². The van der Waals surface area contributed by atoms with Crippen molar-refractivity contribution in [2.75, 3.05) is 21.0 Å². The summed E-state index contributed by atoms with van der Waals surface area (Å²) in [5, 5.41) is 0. The Balaban J connectivity index is 2.22. The number of methoxy groups -OCH3 is 1. The standard InChI is InChI=1S/C14H15NO4/c1-8(17-3)13-10-5-12-11(18-7-19-12)4-9(10)6-15(2)14(13)16/h4-5H,6-7H2,1-3H3/b13-8+. The van der Waals surface area contributed by atoms with E-state index in [1.165, 1.54) is 0 Å². The molecule has 0 saturated heterocycles. The Bertz CT molecular complexity index is 591. The number of nitrogens with zero attached hydrogens (tertiary/aromatic N) is 1. The van der Waals surface area contributed by atoms with Crippen molar-refractivity contribution in [3.63, 3.8) is 0 Å². The Morgan fingerprint density at radius 2 is 2.00 bits per heavy atom. The van der Waals surface area contributed by atoms with Crippen LogP contribution in [-0.2, 0) is 16.1 Å². The van der Waals surface area contributed by atoms with E-state index in [1.54, 1.807) is 26.0 Å². The highest BCUT2D eigenvalue weighted by atomic mass is 16.7. The fourth-order valence-corrected chi connectivity index (χ4v) is 2.42. The van der Waals surface area contributed by atoms with E-state index in [1.807, 2.05) is 12.1 Å². The molecule has 100 valence electrons. The van der Waals surface area contributed by atoms with Crippen LogP contribution in [0.3, 0.4) is 0 Å². The number of likely N-dealkylation sites (N-methyl/N-ethyl adjacent to an activating group) is 1. The lowest BCUT2D eigenvalue weighted by Gasteiger charge is -2.28. The van der Waals surface area contributed by atoms with Crippen molar-refractivity contribution in [2.45, 2.75) is 13.5 Å². The van der Waals surface area contributed by atoms with Crippen molar-refractivity contribution in [3.05, 3.63) is 29.0 Å². The van der Waals surface area contributed by atoms with E-state index >= 15 is 0 Å². The summed E-state index contributed by atoms with van der Waals surface area (Å²) in [5.41, 5.74) is 2.49. The van der Waals surface area contributed by atoms with Crippen LogP contribution in [-0.4, -0.2) is 31.8 Å². The zero-order valence-corrected chi connectivity index (χ0v) is 11.1. The fourth-order valence-electron chi connectivity index (χ4n) is 2.42. The lowest BCUT2D eigenvalue weighted by molar-refractivity contribution is -0.124. The third-order valence-electron chi connectivity index (χ3n) is 3.49. The van der Waals surface area contributed by atoms with Crippen LogP contribution < -0.4 is 9.47 Å². The van der Waals surface area contributed by atoms with Gasteiger partial charge in [-0.1, -0.05) is 0 Å². The molecule has 5 heteroatoms. The summed E-state index contributed by atoms with van der Waals surface area (Å²) in [4.78, 5) is 14.0. The summed E-state index contributed by atoms with van der Waals surface area (Å²) in [6.45, 7) is 2.58. The molecule has 0 N–H and O–H groups in total. The number of rotatable bonds is 1. The first-order valence-corrected chi connectivity index (χ1v) is 6.05. The van der Waals surface area contributed by atoms with E-state index in [-0.39, 0.29) is 12.7 Å². The highest BCUT2D eigenvalue weighted by Gasteiger charge is 2.30. The van der Waals surface area contributed by atoms with E-state index in [4.69, 9.17) is 14.2 Å². The lowest BCUT2D eigenvalue weighted by atomic mass is 9.93. The van der Waals surface area contributed by atoms with Crippen LogP contribution in [0.25, 0.3) is 5.57 Å². The van der Waals surface area contributed by atoms with Crippen molar-refractivity contribution >= 4 is 11.5 Å². The molecule has 2 aliphatic rings. The molecule has 0 unspecified atom stereocenters. The second kappa shape index (κ2) is 4.19. The van der Waals surface area contributed by atoms with E-state index in [2.05, 4.69) is 0 Å². The van der Waals surface area contributed by atoms with Crippen molar-refractivity contribution in [1.82, 2.24) is 4.90 Å². The Morgan fingerprint density at radius 3 is 2.68 bits per heavy atom. The fraction of sp³-hybridized carbons (Fsp3) is 0.357. The largest absolute Gasteiger partial charge is 0.501 e. The molecule has 0 atom stereocenters. The van der Waals surface area contributed by atoms with Crippen molar-refractivity contribution in [1.29, 1.82) is 0 Å². The topological polar surface area (TPSA) is 48.0 Å². The maximum Gasteiger partial charge on any atom is 0.257 e. The first kappa shape index (κ1) is 11.9. The quantitative estimate of drug-likeness (QED) is 0.571. The van der Waals surface area contributed by atoms with Gasteiger partial charge < -0.3 is 19.1 Å². The van der Waals surface area contributed by atoms with E-state index in [0.717, 1.165) is 16.9 Å². The predicted molar refractivity (Wildman–Crippen MR) is 68.6 cm³/mol. The molecule has 19 heavy (non-hydrogen) atoms. The summed E-state index contributed by atoms with van der Waals surface area (Å²) < 4.78 is 16.0. The third-order valence-corrected chi connectivity index (χ3v) is 3.49.